The van der Waals surface area contributed by atoms with Gasteiger partial charge in [-0.05, 0) is 5.56 Å². The Kier molecular flexibility index (Phi) is 3.88. The lowest BCUT2D eigenvalue weighted by Gasteiger charge is -2.14. The molecule has 0 saturated carbocycles. The van der Waals surface area contributed by atoms with Crippen LogP contribution in [0.4, 0.5) is 0 Å². The van der Waals surface area contributed by atoms with E-state index in [1.807, 2.05) is 18.2 Å². The summed E-state index contributed by atoms with van der Waals surface area (Å²) in [6.07, 6.45) is 0.465. The van der Waals surface area contributed by atoms with E-state index in [4.69, 9.17) is 9.84 Å². The topological polar surface area (TPSA) is 46.5 Å². The van der Waals surface area contributed by atoms with E-state index in [-0.39, 0.29) is 6.61 Å². The Morgan fingerprint density at radius 2 is 2.14 bits per heavy atom. The zero-order valence-electron chi connectivity index (χ0n) is 7.72. The van der Waals surface area contributed by atoms with E-state index in [1.54, 1.807) is 12.1 Å². The summed E-state index contributed by atoms with van der Waals surface area (Å²) in [7, 11) is 0. The van der Waals surface area contributed by atoms with Gasteiger partial charge in [0.25, 0.3) is 0 Å². The summed E-state index contributed by atoms with van der Waals surface area (Å²) in [6, 6.07) is 9.07. The molecule has 1 rings (SSSR count). The van der Waals surface area contributed by atoms with Crippen LogP contribution in [0.3, 0.4) is 0 Å². The fourth-order valence-electron chi connectivity index (χ4n) is 1.07. The lowest BCUT2D eigenvalue weighted by atomic mass is 10.1. The molecule has 1 aromatic rings. The molecule has 0 spiro atoms. The lowest BCUT2D eigenvalue weighted by Crippen LogP contribution is -2.12. The first-order valence-electron chi connectivity index (χ1n) is 4.26. The number of carbonyl (C=O) groups is 1. The predicted molar refractivity (Wildman–Crippen MR) is 52.6 cm³/mol. The van der Waals surface area contributed by atoms with E-state index in [2.05, 4.69) is 6.58 Å². The molecule has 0 aliphatic rings. The van der Waals surface area contributed by atoms with Gasteiger partial charge in [0.2, 0.25) is 0 Å². The van der Waals surface area contributed by atoms with Gasteiger partial charge in [0, 0.05) is 6.08 Å². The van der Waals surface area contributed by atoms with E-state index in [0.29, 0.717) is 0 Å². The average Bonchev–Trinajstić information content (AvgIpc) is 2.26. The van der Waals surface area contributed by atoms with Gasteiger partial charge in [-0.1, -0.05) is 36.9 Å². The second kappa shape index (κ2) is 5.19. The fourth-order valence-corrected chi connectivity index (χ4v) is 1.07. The van der Waals surface area contributed by atoms with Gasteiger partial charge in [-0.15, -0.1) is 0 Å². The van der Waals surface area contributed by atoms with Crippen LogP contribution in [-0.2, 0) is 9.53 Å². The Labute approximate surface area is 82.6 Å². The number of aliphatic hydroxyl groups excluding tert-OH is 1. The van der Waals surface area contributed by atoms with Crippen molar-refractivity contribution in [2.75, 3.05) is 6.61 Å². The maximum absolute atomic E-state index is 10.9. The van der Waals surface area contributed by atoms with Crippen molar-refractivity contribution >= 4 is 5.97 Å². The monoisotopic (exact) mass is 192 g/mol. The normalized spacial score (nSPS) is 11.8. The van der Waals surface area contributed by atoms with Crippen LogP contribution in [0.5, 0.6) is 0 Å². The molecule has 1 N–H and O–H groups in total. The molecule has 1 atom stereocenters. The maximum atomic E-state index is 10.9. The van der Waals surface area contributed by atoms with Gasteiger partial charge in [0.05, 0.1) is 6.61 Å². The number of carbonyl (C=O) groups excluding carboxylic acids is 1. The summed E-state index contributed by atoms with van der Waals surface area (Å²) in [4.78, 5) is 10.9. The minimum atomic E-state index is -0.610. The van der Waals surface area contributed by atoms with Gasteiger partial charge < -0.3 is 9.84 Å². The third-order valence-electron chi connectivity index (χ3n) is 1.76. The molecule has 0 aliphatic carbocycles. The number of hydrogen-bond donors (Lipinski definition) is 1. The molecule has 3 nitrogen and oxygen atoms in total. The molecule has 74 valence electrons. The standard InChI is InChI=1S/C11H12O3/c1-2-11(13)14-10(8-12)9-6-4-3-5-7-9/h2-7,10,12H,1,8H2. The minimum Gasteiger partial charge on any atom is -0.452 e. The molecule has 14 heavy (non-hydrogen) atoms. The second-order valence-corrected chi connectivity index (χ2v) is 2.72. The summed E-state index contributed by atoms with van der Waals surface area (Å²) >= 11 is 0. The molecule has 0 radical (unpaired) electrons. The van der Waals surface area contributed by atoms with Crippen LogP contribution in [0, 0.1) is 0 Å². The Bertz CT molecular complexity index is 306. The van der Waals surface area contributed by atoms with Gasteiger partial charge in [0.15, 0.2) is 6.10 Å². The van der Waals surface area contributed by atoms with E-state index in [9.17, 15) is 4.79 Å². The SMILES string of the molecule is C=CC(=O)OC(CO)c1ccccc1. The van der Waals surface area contributed by atoms with Gasteiger partial charge in [-0.25, -0.2) is 4.79 Å². The van der Waals surface area contributed by atoms with Gasteiger partial charge >= 0.3 is 5.97 Å². The highest BCUT2D eigenvalue weighted by Crippen LogP contribution is 2.16. The third-order valence-corrected chi connectivity index (χ3v) is 1.76. The molecule has 0 amide bonds. The van der Waals surface area contributed by atoms with Crippen molar-refractivity contribution in [3.05, 3.63) is 48.6 Å². The highest BCUT2D eigenvalue weighted by Gasteiger charge is 2.12. The first kappa shape index (κ1) is 10.5. The molecule has 0 bridgehead atoms. The van der Waals surface area contributed by atoms with Crippen LogP contribution < -0.4 is 0 Å². The third kappa shape index (κ3) is 2.71. The van der Waals surface area contributed by atoms with Crippen LogP contribution in [-0.4, -0.2) is 17.7 Å². The molecule has 1 aromatic carbocycles. The van der Waals surface area contributed by atoms with E-state index in [0.717, 1.165) is 11.6 Å². The van der Waals surface area contributed by atoms with Gasteiger partial charge in [-0.2, -0.15) is 0 Å². The van der Waals surface area contributed by atoms with Crippen molar-refractivity contribution in [2.24, 2.45) is 0 Å². The molecule has 0 heterocycles. The largest absolute Gasteiger partial charge is 0.452 e. The fraction of sp³-hybridized carbons (Fsp3) is 0.182. The Balaban J connectivity index is 2.72. The molecule has 0 saturated heterocycles. The number of hydrogen-bond acceptors (Lipinski definition) is 3. The Morgan fingerprint density at radius 3 is 2.64 bits per heavy atom. The number of esters is 1. The molecule has 1 unspecified atom stereocenters. The first-order valence-corrected chi connectivity index (χ1v) is 4.26. The number of aliphatic hydroxyl groups is 1. The minimum absolute atomic E-state index is 0.233. The summed E-state index contributed by atoms with van der Waals surface area (Å²) in [5.41, 5.74) is 0.769. The molecular weight excluding hydrogens is 180 g/mol. The van der Waals surface area contributed by atoms with Crippen LogP contribution in [0.2, 0.25) is 0 Å². The van der Waals surface area contributed by atoms with Gasteiger partial charge in [-0.3, -0.25) is 0 Å². The highest BCUT2D eigenvalue weighted by atomic mass is 16.5. The highest BCUT2D eigenvalue weighted by molar-refractivity contribution is 5.81. The quantitative estimate of drug-likeness (QED) is 0.580. The maximum Gasteiger partial charge on any atom is 0.330 e. The zero-order valence-corrected chi connectivity index (χ0v) is 7.72. The van der Waals surface area contributed by atoms with Crippen molar-refractivity contribution in [3.8, 4) is 0 Å². The molecule has 0 aliphatic heterocycles. The smallest absolute Gasteiger partial charge is 0.330 e. The van der Waals surface area contributed by atoms with Crippen molar-refractivity contribution in [3.63, 3.8) is 0 Å². The summed E-state index contributed by atoms with van der Waals surface area (Å²) in [6.45, 7) is 3.05. The van der Waals surface area contributed by atoms with Crippen molar-refractivity contribution < 1.29 is 14.6 Å². The summed E-state index contributed by atoms with van der Waals surface area (Å²) < 4.78 is 4.93. The number of ether oxygens (including phenoxy) is 1. The average molecular weight is 192 g/mol. The predicted octanol–water partition coefficient (Wildman–Crippen LogP) is 1.45. The Hall–Kier alpha value is -1.61. The van der Waals surface area contributed by atoms with Crippen molar-refractivity contribution in [1.29, 1.82) is 0 Å². The lowest BCUT2D eigenvalue weighted by molar-refractivity contribution is -0.145. The number of benzene rings is 1. The molecular formula is C11H12O3. The van der Waals surface area contributed by atoms with Crippen LogP contribution in [0.25, 0.3) is 0 Å². The van der Waals surface area contributed by atoms with Crippen LogP contribution in [0.15, 0.2) is 43.0 Å². The number of rotatable bonds is 4. The van der Waals surface area contributed by atoms with Gasteiger partial charge in [0.1, 0.15) is 0 Å². The summed E-state index contributed by atoms with van der Waals surface area (Å²) in [5.74, 6) is -0.534. The van der Waals surface area contributed by atoms with E-state index < -0.39 is 12.1 Å². The van der Waals surface area contributed by atoms with Crippen molar-refractivity contribution in [1.82, 2.24) is 0 Å². The Morgan fingerprint density at radius 1 is 1.50 bits per heavy atom. The zero-order chi connectivity index (χ0) is 10.4. The second-order valence-electron chi connectivity index (χ2n) is 2.72. The van der Waals surface area contributed by atoms with E-state index in [1.165, 1.54) is 0 Å². The van der Waals surface area contributed by atoms with Crippen LogP contribution >= 0.6 is 0 Å². The molecule has 3 heteroatoms. The first-order chi connectivity index (χ1) is 6.77. The van der Waals surface area contributed by atoms with Crippen molar-refractivity contribution in [2.45, 2.75) is 6.10 Å². The molecule has 0 fully saturated rings. The summed E-state index contributed by atoms with van der Waals surface area (Å²) in [5, 5.41) is 9.01. The molecule has 0 aromatic heterocycles. The van der Waals surface area contributed by atoms with E-state index >= 15 is 0 Å². The van der Waals surface area contributed by atoms with Crippen LogP contribution in [0.1, 0.15) is 11.7 Å².